The number of benzene rings is 1. The first-order chi connectivity index (χ1) is 14.1. The van der Waals surface area contributed by atoms with Crippen LogP contribution in [0.5, 0.6) is 0 Å². The third-order valence-corrected chi connectivity index (χ3v) is 5.86. The normalized spacial score (nSPS) is 15.9. The van der Waals surface area contributed by atoms with Gasteiger partial charge in [-0.1, -0.05) is 23.7 Å². The third kappa shape index (κ3) is 6.26. The monoisotopic (exact) mass is 435 g/mol. The number of amides is 2. The van der Waals surface area contributed by atoms with Gasteiger partial charge in [-0.15, -0.1) is 0 Å². The molecule has 2 amide bonds. The Morgan fingerprint density at radius 1 is 1.17 bits per heavy atom. The second kappa shape index (κ2) is 10.7. The van der Waals surface area contributed by atoms with Gasteiger partial charge in [0.1, 0.15) is 6.04 Å². The van der Waals surface area contributed by atoms with Gasteiger partial charge in [0.2, 0.25) is 5.91 Å². The zero-order valence-corrected chi connectivity index (χ0v) is 18.0. The summed E-state index contributed by atoms with van der Waals surface area (Å²) in [5.74, 6) is 0.645. The van der Waals surface area contributed by atoms with Gasteiger partial charge in [0.15, 0.2) is 5.76 Å². The predicted octanol–water partition coefficient (Wildman–Crippen LogP) is 3.13. The van der Waals surface area contributed by atoms with Gasteiger partial charge in [-0.3, -0.25) is 14.5 Å². The van der Waals surface area contributed by atoms with E-state index in [0.29, 0.717) is 19.5 Å². The Bertz CT molecular complexity index is 790. The summed E-state index contributed by atoms with van der Waals surface area (Å²) in [5, 5.41) is 3.58. The molecule has 1 aliphatic heterocycles. The maximum atomic E-state index is 13.0. The minimum absolute atomic E-state index is 0.0231. The zero-order chi connectivity index (χ0) is 20.6. The van der Waals surface area contributed by atoms with Crippen molar-refractivity contribution in [1.82, 2.24) is 15.1 Å². The number of rotatable bonds is 8. The van der Waals surface area contributed by atoms with E-state index in [-0.39, 0.29) is 17.6 Å². The number of piperazine rings is 1. The Kier molecular flexibility index (Phi) is 8.03. The molecule has 3 rings (SSSR count). The summed E-state index contributed by atoms with van der Waals surface area (Å²) in [6.45, 7) is 3.74. The molecule has 2 heterocycles. The molecule has 1 atom stereocenters. The first-order valence-corrected chi connectivity index (χ1v) is 11.4. The van der Waals surface area contributed by atoms with Crippen LogP contribution in [0.1, 0.15) is 22.5 Å². The summed E-state index contributed by atoms with van der Waals surface area (Å²) in [7, 11) is 0. The number of carbonyl (C=O) groups excluding carboxylic acids is 2. The smallest absolute Gasteiger partial charge is 0.287 e. The van der Waals surface area contributed by atoms with Crippen LogP contribution in [0.2, 0.25) is 5.02 Å². The van der Waals surface area contributed by atoms with Crippen molar-refractivity contribution in [2.75, 3.05) is 38.2 Å². The molecule has 1 N–H and O–H groups in total. The average Bonchev–Trinajstić information content (AvgIpc) is 3.28. The number of hydrogen-bond acceptors (Lipinski definition) is 5. The fourth-order valence-electron chi connectivity index (χ4n) is 3.32. The highest BCUT2D eigenvalue weighted by atomic mass is 35.5. The lowest BCUT2D eigenvalue weighted by atomic mass is 10.1. The van der Waals surface area contributed by atoms with Gasteiger partial charge in [0, 0.05) is 37.7 Å². The molecule has 1 fully saturated rings. The van der Waals surface area contributed by atoms with E-state index in [1.54, 1.807) is 23.9 Å². The van der Waals surface area contributed by atoms with Gasteiger partial charge in [-0.25, -0.2) is 0 Å². The van der Waals surface area contributed by atoms with E-state index in [1.807, 2.05) is 35.4 Å². The van der Waals surface area contributed by atoms with Crippen molar-refractivity contribution in [3.63, 3.8) is 0 Å². The summed E-state index contributed by atoms with van der Waals surface area (Å²) in [6.07, 6.45) is 4.04. The number of halogens is 1. The number of nitrogens with one attached hydrogen (secondary N) is 1. The average molecular weight is 436 g/mol. The molecule has 1 saturated heterocycles. The Morgan fingerprint density at radius 3 is 2.52 bits per heavy atom. The minimum atomic E-state index is -0.539. The van der Waals surface area contributed by atoms with Crippen LogP contribution in [0.25, 0.3) is 0 Å². The first kappa shape index (κ1) is 21.7. The minimum Gasteiger partial charge on any atom is -0.459 e. The molecule has 156 valence electrons. The molecule has 6 nitrogen and oxygen atoms in total. The molecule has 1 unspecified atom stereocenters. The van der Waals surface area contributed by atoms with Crippen molar-refractivity contribution in [1.29, 1.82) is 0 Å². The van der Waals surface area contributed by atoms with Crippen molar-refractivity contribution in [2.45, 2.75) is 19.0 Å². The van der Waals surface area contributed by atoms with E-state index < -0.39 is 6.04 Å². The quantitative estimate of drug-likeness (QED) is 0.690. The number of nitrogens with zero attached hydrogens (tertiary/aromatic N) is 2. The van der Waals surface area contributed by atoms with E-state index in [1.165, 1.54) is 11.8 Å². The van der Waals surface area contributed by atoms with Gasteiger partial charge in [-0.2, -0.15) is 11.8 Å². The van der Waals surface area contributed by atoms with Crippen LogP contribution in [0.15, 0.2) is 47.1 Å². The van der Waals surface area contributed by atoms with E-state index >= 15 is 0 Å². The standard InChI is InChI=1S/C21H26ClN3O3S/c1-29-14-8-18(23-20(26)19-3-2-13-28-19)21(27)25-11-9-24(10-12-25)15-16-4-6-17(22)7-5-16/h2-7,13,18H,8-12,14-15H2,1H3,(H,23,26). The molecule has 0 saturated carbocycles. The van der Waals surface area contributed by atoms with Crippen molar-refractivity contribution < 1.29 is 14.0 Å². The van der Waals surface area contributed by atoms with E-state index in [0.717, 1.165) is 30.4 Å². The molecule has 0 radical (unpaired) electrons. The van der Waals surface area contributed by atoms with Crippen molar-refractivity contribution in [2.24, 2.45) is 0 Å². The molecule has 29 heavy (non-hydrogen) atoms. The van der Waals surface area contributed by atoms with E-state index in [9.17, 15) is 9.59 Å². The fraction of sp³-hybridized carbons (Fsp3) is 0.429. The summed E-state index contributed by atoms with van der Waals surface area (Å²) in [5.41, 5.74) is 1.21. The van der Waals surface area contributed by atoms with Crippen LogP contribution < -0.4 is 5.32 Å². The predicted molar refractivity (Wildman–Crippen MR) is 116 cm³/mol. The number of hydrogen-bond donors (Lipinski definition) is 1. The number of thioether (sulfide) groups is 1. The molecule has 0 bridgehead atoms. The van der Waals surface area contributed by atoms with Gasteiger partial charge in [-0.05, 0) is 48.3 Å². The lowest BCUT2D eigenvalue weighted by Gasteiger charge is -2.36. The molecule has 0 aliphatic carbocycles. The highest BCUT2D eigenvalue weighted by Gasteiger charge is 2.29. The Hall–Kier alpha value is -1.96. The van der Waals surface area contributed by atoms with Crippen LogP contribution >= 0.6 is 23.4 Å². The van der Waals surface area contributed by atoms with Crippen molar-refractivity contribution in [3.05, 3.63) is 59.0 Å². The van der Waals surface area contributed by atoms with Gasteiger partial charge >= 0.3 is 0 Å². The molecule has 1 aromatic carbocycles. The van der Waals surface area contributed by atoms with Crippen molar-refractivity contribution in [3.8, 4) is 0 Å². The lowest BCUT2D eigenvalue weighted by Crippen LogP contribution is -2.54. The lowest BCUT2D eigenvalue weighted by molar-refractivity contribution is -0.135. The maximum Gasteiger partial charge on any atom is 0.287 e. The Morgan fingerprint density at radius 2 is 1.90 bits per heavy atom. The van der Waals surface area contributed by atoms with Crippen molar-refractivity contribution >= 4 is 35.2 Å². The first-order valence-electron chi connectivity index (χ1n) is 9.65. The molecule has 2 aromatic rings. The van der Waals surface area contributed by atoms with Crippen LogP contribution in [0, 0.1) is 0 Å². The molecule has 1 aromatic heterocycles. The molecule has 0 spiro atoms. The molecule has 1 aliphatic rings. The maximum absolute atomic E-state index is 13.0. The summed E-state index contributed by atoms with van der Waals surface area (Å²) in [4.78, 5) is 29.6. The summed E-state index contributed by atoms with van der Waals surface area (Å²) < 4.78 is 5.15. The van der Waals surface area contributed by atoms with E-state index in [2.05, 4.69) is 10.2 Å². The van der Waals surface area contributed by atoms with Gasteiger partial charge in [0.05, 0.1) is 6.26 Å². The van der Waals surface area contributed by atoms with Crippen LogP contribution in [0.4, 0.5) is 0 Å². The highest BCUT2D eigenvalue weighted by Crippen LogP contribution is 2.14. The second-order valence-electron chi connectivity index (χ2n) is 7.01. The SMILES string of the molecule is CSCCC(NC(=O)c1ccco1)C(=O)N1CCN(Cc2ccc(Cl)cc2)CC1. The van der Waals surface area contributed by atoms with Crippen LogP contribution in [0.3, 0.4) is 0 Å². The van der Waals surface area contributed by atoms with E-state index in [4.69, 9.17) is 16.0 Å². The molecular weight excluding hydrogens is 410 g/mol. The van der Waals surface area contributed by atoms with Crippen LogP contribution in [-0.2, 0) is 11.3 Å². The van der Waals surface area contributed by atoms with Gasteiger partial charge in [0.25, 0.3) is 5.91 Å². The Balaban J connectivity index is 1.54. The zero-order valence-electron chi connectivity index (χ0n) is 16.5. The summed E-state index contributed by atoms with van der Waals surface area (Å²) in [6, 6.07) is 10.6. The molecule has 8 heteroatoms. The molecular formula is C21H26ClN3O3S. The van der Waals surface area contributed by atoms with Gasteiger partial charge < -0.3 is 14.6 Å². The Labute approximate surface area is 180 Å². The topological polar surface area (TPSA) is 65.8 Å². The number of furan rings is 1. The summed E-state index contributed by atoms with van der Waals surface area (Å²) >= 11 is 7.61. The van der Waals surface area contributed by atoms with Crippen LogP contribution in [-0.4, -0.2) is 65.8 Å². The number of carbonyl (C=O) groups is 2. The fourth-order valence-corrected chi connectivity index (χ4v) is 3.92. The third-order valence-electron chi connectivity index (χ3n) is 4.96. The second-order valence-corrected chi connectivity index (χ2v) is 8.43. The largest absolute Gasteiger partial charge is 0.459 e. The highest BCUT2D eigenvalue weighted by molar-refractivity contribution is 7.98.